The number of hydrogen-bond acceptors (Lipinski definition) is 8. The molecule has 3 rings (SSSR count). The van der Waals surface area contributed by atoms with Crippen LogP contribution in [-0.2, 0) is 29.1 Å². The SMILES string of the molecule is CCOc1ccc(NS(=O)(=O)c2ccc(NC=C3C(=O)OC(C)(C)OC3=O)cc2)cc1. The molecule has 9 nitrogen and oxygen atoms in total. The number of ether oxygens (including phenoxy) is 3. The van der Waals surface area contributed by atoms with Crippen molar-refractivity contribution in [2.45, 2.75) is 31.5 Å². The van der Waals surface area contributed by atoms with E-state index in [-0.39, 0.29) is 10.5 Å². The summed E-state index contributed by atoms with van der Waals surface area (Å²) in [4.78, 5) is 23.9. The largest absolute Gasteiger partial charge is 0.494 e. The van der Waals surface area contributed by atoms with Crippen LogP contribution in [0.4, 0.5) is 11.4 Å². The molecule has 1 aliphatic rings. The molecule has 2 N–H and O–H groups in total. The van der Waals surface area contributed by atoms with Crippen LogP contribution in [0.5, 0.6) is 5.75 Å². The van der Waals surface area contributed by atoms with Crippen molar-refractivity contribution >= 4 is 33.3 Å². The molecule has 0 amide bonds. The highest BCUT2D eigenvalue weighted by Gasteiger charge is 2.38. The molecule has 1 saturated heterocycles. The van der Waals surface area contributed by atoms with Gasteiger partial charge in [-0.2, -0.15) is 0 Å². The smallest absolute Gasteiger partial charge is 0.350 e. The number of nitrogens with one attached hydrogen (secondary N) is 2. The Hall–Kier alpha value is -3.53. The van der Waals surface area contributed by atoms with E-state index in [2.05, 4.69) is 10.0 Å². The van der Waals surface area contributed by atoms with E-state index in [0.717, 1.165) is 6.20 Å². The van der Waals surface area contributed by atoms with Crippen LogP contribution in [0.25, 0.3) is 0 Å². The fraction of sp³-hybridized carbons (Fsp3) is 0.238. The first-order chi connectivity index (χ1) is 14.6. The number of esters is 2. The van der Waals surface area contributed by atoms with Gasteiger partial charge in [0.25, 0.3) is 15.8 Å². The molecule has 2 aromatic carbocycles. The van der Waals surface area contributed by atoms with Crippen LogP contribution in [0.2, 0.25) is 0 Å². The van der Waals surface area contributed by atoms with Crippen molar-refractivity contribution in [1.82, 2.24) is 0 Å². The Morgan fingerprint density at radius 3 is 2.03 bits per heavy atom. The molecule has 31 heavy (non-hydrogen) atoms. The van der Waals surface area contributed by atoms with Gasteiger partial charge in [0, 0.05) is 31.4 Å². The van der Waals surface area contributed by atoms with E-state index in [9.17, 15) is 18.0 Å². The lowest BCUT2D eigenvalue weighted by molar-refractivity contribution is -0.222. The van der Waals surface area contributed by atoms with Gasteiger partial charge >= 0.3 is 11.9 Å². The Balaban J connectivity index is 1.68. The normalized spacial score (nSPS) is 15.5. The van der Waals surface area contributed by atoms with E-state index in [1.54, 1.807) is 24.3 Å². The molecule has 0 atom stereocenters. The molecular weight excluding hydrogens is 424 g/mol. The van der Waals surface area contributed by atoms with Gasteiger partial charge < -0.3 is 19.5 Å². The zero-order valence-electron chi connectivity index (χ0n) is 17.2. The summed E-state index contributed by atoms with van der Waals surface area (Å²) in [6.07, 6.45) is 1.15. The molecule has 0 spiro atoms. The van der Waals surface area contributed by atoms with Gasteiger partial charge in [0.1, 0.15) is 5.75 Å². The quantitative estimate of drug-likeness (QED) is 0.378. The third-order valence-electron chi connectivity index (χ3n) is 4.08. The minimum atomic E-state index is -3.80. The lowest BCUT2D eigenvalue weighted by Crippen LogP contribution is -2.42. The summed E-state index contributed by atoms with van der Waals surface area (Å²) >= 11 is 0. The average molecular weight is 446 g/mol. The Bertz CT molecular complexity index is 1080. The van der Waals surface area contributed by atoms with E-state index in [1.807, 2.05) is 6.92 Å². The van der Waals surface area contributed by atoms with Crippen molar-refractivity contribution in [1.29, 1.82) is 0 Å². The lowest BCUT2D eigenvalue weighted by atomic mass is 10.2. The van der Waals surface area contributed by atoms with Crippen molar-refractivity contribution in [3.05, 3.63) is 60.3 Å². The number of benzene rings is 2. The van der Waals surface area contributed by atoms with Crippen LogP contribution in [0.3, 0.4) is 0 Å². The van der Waals surface area contributed by atoms with Gasteiger partial charge in [-0.3, -0.25) is 4.72 Å². The Kier molecular flexibility index (Phi) is 6.21. The second-order valence-corrected chi connectivity index (χ2v) is 8.65. The highest BCUT2D eigenvalue weighted by atomic mass is 32.2. The number of carbonyl (C=O) groups is 2. The minimum Gasteiger partial charge on any atom is -0.494 e. The monoisotopic (exact) mass is 446 g/mol. The third kappa shape index (κ3) is 5.54. The molecular formula is C21H22N2O7S. The first kappa shape index (κ1) is 22.2. The van der Waals surface area contributed by atoms with Gasteiger partial charge in [0.15, 0.2) is 5.57 Å². The van der Waals surface area contributed by atoms with Crippen LogP contribution < -0.4 is 14.8 Å². The summed E-state index contributed by atoms with van der Waals surface area (Å²) in [5.41, 5.74) is 0.554. The highest BCUT2D eigenvalue weighted by molar-refractivity contribution is 7.92. The Morgan fingerprint density at radius 1 is 0.935 bits per heavy atom. The number of rotatable bonds is 7. The molecule has 0 aliphatic carbocycles. The molecule has 0 saturated carbocycles. The molecule has 0 aromatic heterocycles. The topological polar surface area (TPSA) is 120 Å². The highest BCUT2D eigenvalue weighted by Crippen LogP contribution is 2.24. The van der Waals surface area contributed by atoms with Gasteiger partial charge in [0.2, 0.25) is 0 Å². The zero-order valence-corrected chi connectivity index (χ0v) is 18.0. The fourth-order valence-electron chi connectivity index (χ4n) is 2.66. The maximum Gasteiger partial charge on any atom is 0.350 e. The van der Waals surface area contributed by atoms with Crippen molar-refractivity contribution in [3.8, 4) is 5.75 Å². The fourth-order valence-corrected chi connectivity index (χ4v) is 3.72. The second-order valence-electron chi connectivity index (χ2n) is 6.97. The molecule has 10 heteroatoms. The van der Waals surface area contributed by atoms with E-state index < -0.39 is 27.7 Å². The van der Waals surface area contributed by atoms with Gasteiger partial charge in [-0.1, -0.05) is 0 Å². The van der Waals surface area contributed by atoms with E-state index in [1.165, 1.54) is 38.1 Å². The Labute approximate surface area is 180 Å². The van der Waals surface area contributed by atoms with E-state index in [0.29, 0.717) is 23.7 Å². The van der Waals surface area contributed by atoms with Crippen molar-refractivity contribution in [2.75, 3.05) is 16.6 Å². The first-order valence-electron chi connectivity index (χ1n) is 9.39. The van der Waals surface area contributed by atoms with Crippen LogP contribution in [0.1, 0.15) is 20.8 Å². The zero-order chi connectivity index (χ0) is 22.6. The summed E-state index contributed by atoms with van der Waals surface area (Å²) < 4.78 is 43.0. The number of sulfonamides is 1. The lowest BCUT2D eigenvalue weighted by Gasteiger charge is -2.29. The molecule has 2 aromatic rings. The second kappa shape index (κ2) is 8.68. The number of anilines is 2. The number of cyclic esters (lactones) is 2. The summed E-state index contributed by atoms with van der Waals surface area (Å²) in [7, 11) is -3.80. The van der Waals surface area contributed by atoms with Gasteiger partial charge in [-0.25, -0.2) is 18.0 Å². The van der Waals surface area contributed by atoms with Gasteiger partial charge in [0.05, 0.1) is 11.5 Å². The first-order valence-corrected chi connectivity index (χ1v) is 10.9. The molecule has 1 heterocycles. The van der Waals surface area contributed by atoms with E-state index in [4.69, 9.17) is 14.2 Å². The predicted octanol–water partition coefficient (Wildman–Crippen LogP) is 3.02. The van der Waals surface area contributed by atoms with Crippen molar-refractivity contribution in [2.24, 2.45) is 0 Å². The molecule has 0 unspecified atom stereocenters. The summed E-state index contributed by atoms with van der Waals surface area (Å²) in [6, 6.07) is 12.3. The van der Waals surface area contributed by atoms with Crippen LogP contribution in [-0.4, -0.2) is 32.8 Å². The van der Waals surface area contributed by atoms with E-state index >= 15 is 0 Å². The standard InChI is InChI=1S/C21H22N2O7S/c1-4-28-16-9-5-15(6-10-16)23-31(26,27)17-11-7-14(8-12-17)22-13-18-19(24)29-21(2,3)30-20(18)25/h5-13,22-23H,4H2,1-3H3. The molecule has 1 aliphatic heterocycles. The third-order valence-corrected chi connectivity index (χ3v) is 5.48. The molecule has 1 fully saturated rings. The van der Waals surface area contributed by atoms with Crippen LogP contribution in [0.15, 0.2) is 65.2 Å². The molecule has 0 bridgehead atoms. The summed E-state index contributed by atoms with van der Waals surface area (Å²) in [5, 5.41) is 2.76. The van der Waals surface area contributed by atoms with Crippen LogP contribution in [0, 0.1) is 0 Å². The molecule has 164 valence electrons. The van der Waals surface area contributed by atoms with Crippen molar-refractivity contribution in [3.63, 3.8) is 0 Å². The predicted molar refractivity (Wildman–Crippen MR) is 113 cm³/mol. The average Bonchev–Trinajstić information content (AvgIpc) is 2.68. The van der Waals surface area contributed by atoms with Gasteiger partial charge in [-0.15, -0.1) is 0 Å². The van der Waals surface area contributed by atoms with Gasteiger partial charge in [-0.05, 0) is 55.5 Å². The summed E-state index contributed by atoms with van der Waals surface area (Å²) in [5.74, 6) is -2.30. The van der Waals surface area contributed by atoms with Crippen molar-refractivity contribution < 1.29 is 32.2 Å². The maximum atomic E-state index is 12.6. The summed E-state index contributed by atoms with van der Waals surface area (Å²) in [6.45, 7) is 5.28. The van der Waals surface area contributed by atoms with Crippen LogP contribution >= 0.6 is 0 Å². The number of hydrogen-bond donors (Lipinski definition) is 2. The maximum absolute atomic E-state index is 12.6. The molecule has 0 radical (unpaired) electrons. The Morgan fingerprint density at radius 2 is 1.48 bits per heavy atom. The number of carbonyl (C=O) groups excluding carboxylic acids is 2. The minimum absolute atomic E-state index is 0.0397.